The summed E-state index contributed by atoms with van der Waals surface area (Å²) >= 11 is 0. The van der Waals surface area contributed by atoms with Crippen molar-refractivity contribution in [1.29, 1.82) is 0 Å². The fourth-order valence-corrected chi connectivity index (χ4v) is 2.91. The van der Waals surface area contributed by atoms with Crippen molar-refractivity contribution in [3.8, 4) is 5.75 Å². The summed E-state index contributed by atoms with van der Waals surface area (Å²) in [6.45, 7) is 3.92. The highest BCUT2D eigenvalue weighted by Crippen LogP contribution is 2.26. The molecule has 21 heavy (non-hydrogen) atoms. The summed E-state index contributed by atoms with van der Waals surface area (Å²) in [6.07, 6.45) is 5.25. The van der Waals surface area contributed by atoms with Gasteiger partial charge in [-0.25, -0.2) is 0 Å². The molecule has 0 saturated heterocycles. The lowest BCUT2D eigenvalue weighted by molar-refractivity contribution is 0.145. The predicted octanol–water partition coefficient (Wildman–Crippen LogP) is 1.26. The van der Waals surface area contributed by atoms with Crippen molar-refractivity contribution in [1.82, 2.24) is 4.90 Å². The second kappa shape index (κ2) is 7.83. The van der Waals surface area contributed by atoms with Gasteiger partial charge in [0.15, 0.2) is 0 Å². The second-order valence-electron chi connectivity index (χ2n) is 6.19. The van der Waals surface area contributed by atoms with Crippen LogP contribution < -0.4 is 10.2 Å². The van der Waals surface area contributed by atoms with Crippen molar-refractivity contribution in [3.05, 3.63) is 24.3 Å². The van der Waals surface area contributed by atoms with Gasteiger partial charge >= 0.3 is 7.12 Å². The fraction of sp³-hybridized carbons (Fsp3) is 0.625. The highest BCUT2D eigenvalue weighted by atomic mass is 16.5. The van der Waals surface area contributed by atoms with Crippen LogP contribution in [-0.4, -0.2) is 48.3 Å². The molecule has 0 aromatic heterocycles. The smallest absolute Gasteiger partial charge is 0.488 e. The average Bonchev–Trinajstić information content (AvgIpc) is 2.48. The normalized spacial score (nSPS) is 22.3. The Morgan fingerprint density at radius 3 is 2.33 bits per heavy atom. The van der Waals surface area contributed by atoms with Gasteiger partial charge in [-0.1, -0.05) is 19.1 Å². The van der Waals surface area contributed by atoms with Gasteiger partial charge in [0, 0.05) is 12.6 Å². The van der Waals surface area contributed by atoms with Crippen LogP contribution in [0.25, 0.3) is 0 Å². The van der Waals surface area contributed by atoms with Crippen molar-refractivity contribution in [2.24, 2.45) is 5.92 Å². The summed E-state index contributed by atoms with van der Waals surface area (Å²) in [4.78, 5) is 2.40. The zero-order valence-corrected chi connectivity index (χ0v) is 13.0. The molecule has 2 rings (SSSR count). The summed E-state index contributed by atoms with van der Waals surface area (Å²) in [6, 6.07) is 7.59. The van der Waals surface area contributed by atoms with Gasteiger partial charge in [0.25, 0.3) is 0 Å². The summed E-state index contributed by atoms with van der Waals surface area (Å²) < 4.78 is 5.72. The SMILES string of the molecule is CC1CCC(N(C)CCOc2ccc(B(O)O)cc2)CC1. The Kier molecular flexibility index (Phi) is 6.09. The number of nitrogens with zero attached hydrogens (tertiary/aromatic N) is 1. The van der Waals surface area contributed by atoms with E-state index >= 15 is 0 Å². The van der Waals surface area contributed by atoms with Crippen LogP contribution in [-0.2, 0) is 0 Å². The molecule has 0 spiro atoms. The molecule has 1 aliphatic rings. The van der Waals surface area contributed by atoms with Crippen LogP contribution in [0, 0.1) is 5.92 Å². The van der Waals surface area contributed by atoms with E-state index in [9.17, 15) is 0 Å². The molecule has 0 bridgehead atoms. The van der Waals surface area contributed by atoms with E-state index in [1.54, 1.807) is 24.3 Å². The van der Waals surface area contributed by atoms with Crippen molar-refractivity contribution in [3.63, 3.8) is 0 Å². The Balaban J connectivity index is 1.71. The molecule has 1 aromatic rings. The van der Waals surface area contributed by atoms with Crippen molar-refractivity contribution in [2.75, 3.05) is 20.2 Å². The maximum atomic E-state index is 9.03. The molecule has 2 N–H and O–H groups in total. The largest absolute Gasteiger partial charge is 0.492 e. The minimum Gasteiger partial charge on any atom is -0.492 e. The number of hydrogen-bond acceptors (Lipinski definition) is 4. The molecule has 0 aliphatic heterocycles. The van der Waals surface area contributed by atoms with Crippen LogP contribution >= 0.6 is 0 Å². The maximum Gasteiger partial charge on any atom is 0.488 e. The minimum atomic E-state index is -1.42. The van der Waals surface area contributed by atoms with E-state index in [0.29, 0.717) is 18.1 Å². The van der Waals surface area contributed by atoms with E-state index in [1.165, 1.54) is 25.7 Å². The number of benzene rings is 1. The van der Waals surface area contributed by atoms with Gasteiger partial charge in [0.2, 0.25) is 0 Å². The van der Waals surface area contributed by atoms with Crippen LogP contribution in [0.4, 0.5) is 0 Å². The highest BCUT2D eigenvalue weighted by molar-refractivity contribution is 6.58. The predicted molar refractivity (Wildman–Crippen MR) is 85.8 cm³/mol. The third kappa shape index (κ3) is 5.02. The Morgan fingerprint density at radius 1 is 1.14 bits per heavy atom. The summed E-state index contributed by atoms with van der Waals surface area (Å²) in [5.74, 6) is 1.65. The summed E-state index contributed by atoms with van der Waals surface area (Å²) in [5, 5.41) is 18.1. The minimum absolute atomic E-state index is 0.482. The molecular formula is C16H26BNO3. The van der Waals surface area contributed by atoms with Crippen LogP contribution in [0.2, 0.25) is 0 Å². The molecule has 5 heteroatoms. The number of hydrogen-bond donors (Lipinski definition) is 2. The monoisotopic (exact) mass is 291 g/mol. The molecule has 1 aliphatic carbocycles. The van der Waals surface area contributed by atoms with E-state index in [4.69, 9.17) is 14.8 Å². The van der Waals surface area contributed by atoms with Crippen LogP contribution in [0.15, 0.2) is 24.3 Å². The topological polar surface area (TPSA) is 52.9 Å². The lowest BCUT2D eigenvalue weighted by Gasteiger charge is -2.33. The molecule has 0 unspecified atom stereocenters. The fourth-order valence-electron chi connectivity index (χ4n) is 2.91. The summed E-state index contributed by atoms with van der Waals surface area (Å²) in [5.41, 5.74) is 0.482. The van der Waals surface area contributed by atoms with E-state index in [-0.39, 0.29) is 0 Å². The third-order valence-corrected chi connectivity index (χ3v) is 4.50. The van der Waals surface area contributed by atoms with E-state index in [2.05, 4.69) is 18.9 Å². The van der Waals surface area contributed by atoms with Gasteiger partial charge < -0.3 is 19.7 Å². The molecule has 116 valence electrons. The Labute approximate surface area is 127 Å². The zero-order chi connectivity index (χ0) is 15.2. The first-order valence-corrected chi connectivity index (χ1v) is 7.85. The quantitative estimate of drug-likeness (QED) is 0.775. The first-order chi connectivity index (χ1) is 10.1. The van der Waals surface area contributed by atoms with E-state index in [0.717, 1.165) is 18.2 Å². The molecular weight excluding hydrogens is 265 g/mol. The number of ether oxygens (including phenoxy) is 1. The van der Waals surface area contributed by atoms with Gasteiger partial charge in [-0.15, -0.1) is 0 Å². The molecule has 0 amide bonds. The maximum absolute atomic E-state index is 9.03. The molecule has 4 nitrogen and oxygen atoms in total. The van der Waals surface area contributed by atoms with E-state index in [1.807, 2.05) is 0 Å². The molecule has 0 radical (unpaired) electrons. The lowest BCUT2D eigenvalue weighted by atomic mass is 9.80. The van der Waals surface area contributed by atoms with Crippen molar-refractivity contribution < 1.29 is 14.8 Å². The molecule has 1 saturated carbocycles. The van der Waals surface area contributed by atoms with Crippen LogP contribution in [0.1, 0.15) is 32.6 Å². The Morgan fingerprint density at radius 2 is 1.76 bits per heavy atom. The molecule has 0 atom stereocenters. The number of likely N-dealkylation sites (N-methyl/N-ethyl adjacent to an activating group) is 1. The van der Waals surface area contributed by atoms with Gasteiger partial charge in [-0.3, -0.25) is 0 Å². The highest BCUT2D eigenvalue weighted by Gasteiger charge is 2.21. The van der Waals surface area contributed by atoms with Crippen LogP contribution in [0.3, 0.4) is 0 Å². The van der Waals surface area contributed by atoms with E-state index < -0.39 is 7.12 Å². The van der Waals surface area contributed by atoms with Crippen molar-refractivity contribution >= 4 is 12.6 Å². The first kappa shape index (κ1) is 16.3. The standard InChI is InChI=1S/C16H26BNO3/c1-13-3-7-15(8-4-13)18(2)11-12-21-16-9-5-14(6-10-16)17(19)20/h5-6,9-10,13,15,19-20H,3-4,7-8,11-12H2,1-2H3. The summed E-state index contributed by atoms with van der Waals surface area (Å²) in [7, 11) is 0.758. The van der Waals surface area contributed by atoms with Gasteiger partial charge in [-0.2, -0.15) is 0 Å². The number of rotatable bonds is 6. The second-order valence-corrected chi connectivity index (χ2v) is 6.19. The van der Waals surface area contributed by atoms with Gasteiger partial charge in [0.1, 0.15) is 12.4 Å². The Hall–Kier alpha value is -1.04. The zero-order valence-electron chi connectivity index (χ0n) is 13.0. The third-order valence-electron chi connectivity index (χ3n) is 4.50. The average molecular weight is 291 g/mol. The molecule has 1 fully saturated rings. The Bertz CT molecular complexity index is 416. The van der Waals surface area contributed by atoms with Gasteiger partial charge in [0.05, 0.1) is 0 Å². The van der Waals surface area contributed by atoms with Gasteiger partial charge in [-0.05, 0) is 56.2 Å². The van der Waals surface area contributed by atoms with Crippen LogP contribution in [0.5, 0.6) is 5.75 Å². The lowest BCUT2D eigenvalue weighted by Crippen LogP contribution is -2.37. The first-order valence-electron chi connectivity index (χ1n) is 7.85. The van der Waals surface area contributed by atoms with Crippen molar-refractivity contribution in [2.45, 2.75) is 38.6 Å². The molecule has 0 heterocycles. The molecule has 1 aromatic carbocycles.